The molecule has 0 fully saturated rings. The molecule has 0 aliphatic carbocycles. The van der Waals surface area contributed by atoms with Crippen molar-refractivity contribution in [2.45, 2.75) is 33.7 Å². The van der Waals surface area contributed by atoms with Gasteiger partial charge in [0.15, 0.2) is 0 Å². The third-order valence-corrected chi connectivity index (χ3v) is 2.75. The number of ether oxygens (including phenoxy) is 1. The van der Waals surface area contributed by atoms with Crippen LogP contribution in [0.15, 0.2) is 18.2 Å². The van der Waals surface area contributed by atoms with Crippen molar-refractivity contribution in [1.29, 1.82) is 0 Å². The smallest absolute Gasteiger partial charge is 0.119 e. The van der Waals surface area contributed by atoms with Crippen LogP contribution in [0.1, 0.15) is 37.9 Å². The van der Waals surface area contributed by atoms with Crippen LogP contribution in [0.25, 0.3) is 0 Å². The molecule has 2 nitrogen and oxygen atoms in total. The Morgan fingerprint density at radius 1 is 1.27 bits per heavy atom. The van der Waals surface area contributed by atoms with Gasteiger partial charge in [0.25, 0.3) is 0 Å². The van der Waals surface area contributed by atoms with Crippen LogP contribution in [0.3, 0.4) is 0 Å². The van der Waals surface area contributed by atoms with E-state index in [1.54, 1.807) is 7.11 Å². The lowest BCUT2D eigenvalue weighted by molar-refractivity contribution is 0.325. The maximum atomic E-state index is 6.22. The Balaban J connectivity index is 3.06. The first-order chi connectivity index (χ1) is 6.86. The number of rotatable bonds is 2. The number of nitrogens with two attached hydrogens (primary N) is 1. The van der Waals surface area contributed by atoms with E-state index in [9.17, 15) is 0 Å². The summed E-state index contributed by atoms with van der Waals surface area (Å²) in [5.41, 5.74) is 8.70. The Kier molecular flexibility index (Phi) is 3.40. The van der Waals surface area contributed by atoms with Crippen LogP contribution in [0.4, 0.5) is 0 Å². The second-order valence-electron chi connectivity index (χ2n) is 5.07. The van der Waals surface area contributed by atoms with Crippen molar-refractivity contribution in [2.75, 3.05) is 7.11 Å². The number of benzene rings is 1. The van der Waals surface area contributed by atoms with Gasteiger partial charge in [-0.1, -0.05) is 26.8 Å². The van der Waals surface area contributed by atoms with Gasteiger partial charge in [-0.25, -0.2) is 0 Å². The molecule has 15 heavy (non-hydrogen) atoms. The number of methoxy groups -OCH3 is 1. The highest BCUT2D eigenvalue weighted by molar-refractivity contribution is 5.37. The van der Waals surface area contributed by atoms with Crippen molar-refractivity contribution >= 4 is 0 Å². The van der Waals surface area contributed by atoms with Gasteiger partial charge < -0.3 is 10.5 Å². The third-order valence-electron chi connectivity index (χ3n) is 2.75. The molecule has 0 radical (unpaired) electrons. The first-order valence-electron chi connectivity index (χ1n) is 5.26. The van der Waals surface area contributed by atoms with E-state index in [-0.39, 0.29) is 11.5 Å². The van der Waals surface area contributed by atoms with E-state index in [0.29, 0.717) is 0 Å². The van der Waals surface area contributed by atoms with Crippen molar-refractivity contribution in [3.63, 3.8) is 0 Å². The van der Waals surface area contributed by atoms with Crippen LogP contribution < -0.4 is 10.5 Å². The SMILES string of the molecule is COc1ccc([C@H](N)C(C)(C)C)c(C)c1. The second-order valence-corrected chi connectivity index (χ2v) is 5.07. The molecule has 0 saturated heterocycles. The van der Waals surface area contributed by atoms with Crippen LogP contribution in [0.5, 0.6) is 5.75 Å². The van der Waals surface area contributed by atoms with E-state index in [4.69, 9.17) is 10.5 Å². The molecule has 1 aromatic rings. The highest BCUT2D eigenvalue weighted by Gasteiger charge is 2.23. The zero-order valence-corrected chi connectivity index (χ0v) is 10.3. The van der Waals surface area contributed by atoms with Crippen LogP contribution in [0.2, 0.25) is 0 Å². The Morgan fingerprint density at radius 3 is 2.27 bits per heavy atom. The zero-order valence-electron chi connectivity index (χ0n) is 10.3. The summed E-state index contributed by atoms with van der Waals surface area (Å²) in [5.74, 6) is 0.886. The Labute approximate surface area is 92.4 Å². The average molecular weight is 207 g/mol. The molecule has 0 spiro atoms. The van der Waals surface area contributed by atoms with Gasteiger partial charge in [0.1, 0.15) is 5.75 Å². The van der Waals surface area contributed by atoms with Gasteiger partial charge >= 0.3 is 0 Å². The summed E-state index contributed by atoms with van der Waals surface area (Å²) in [6.07, 6.45) is 0. The number of hydrogen-bond donors (Lipinski definition) is 1. The highest BCUT2D eigenvalue weighted by atomic mass is 16.5. The van der Waals surface area contributed by atoms with Crippen LogP contribution >= 0.6 is 0 Å². The lowest BCUT2D eigenvalue weighted by Gasteiger charge is -2.28. The van der Waals surface area contributed by atoms with Gasteiger partial charge in [-0.2, -0.15) is 0 Å². The summed E-state index contributed by atoms with van der Waals surface area (Å²) in [6, 6.07) is 6.11. The Morgan fingerprint density at radius 2 is 1.87 bits per heavy atom. The van der Waals surface area contributed by atoms with Gasteiger partial charge in [0.05, 0.1) is 7.11 Å². The predicted molar refractivity (Wildman–Crippen MR) is 64.1 cm³/mol. The van der Waals surface area contributed by atoms with E-state index in [0.717, 1.165) is 5.75 Å². The topological polar surface area (TPSA) is 35.2 Å². The summed E-state index contributed by atoms with van der Waals surface area (Å²) >= 11 is 0. The van der Waals surface area contributed by atoms with Crippen molar-refractivity contribution in [3.05, 3.63) is 29.3 Å². The summed E-state index contributed by atoms with van der Waals surface area (Å²) in [4.78, 5) is 0. The van der Waals surface area contributed by atoms with Gasteiger partial charge in [-0.15, -0.1) is 0 Å². The molecule has 0 aromatic heterocycles. The third kappa shape index (κ3) is 2.72. The molecule has 84 valence electrons. The van der Waals surface area contributed by atoms with E-state index in [1.165, 1.54) is 11.1 Å². The van der Waals surface area contributed by atoms with Gasteiger partial charge in [0.2, 0.25) is 0 Å². The first kappa shape index (κ1) is 12.1. The lowest BCUT2D eigenvalue weighted by Crippen LogP contribution is -2.26. The zero-order chi connectivity index (χ0) is 11.6. The normalized spacial score (nSPS) is 13.7. The second kappa shape index (κ2) is 4.23. The van der Waals surface area contributed by atoms with Crippen LogP contribution in [-0.2, 0) is 0 Å². The summed E-state index contributed by atoms with van der Waals surface area (Å²) in [5, 5.41) is 0. The molecule has 1 aromatic carbocycles. The molecule has 0 aliphatic rings. The Hall–Kier alpha value is -1.02. The minimum atomic E-state index is 0.0587. The highest BCUT2D eigenvalue weighted by Crippen LogP contribution is 2.33. The summed E-state index contributed by atoms with van der Waals surface area (Å²) in [6.45, 7) is 8.54. The Bertz CT molecular complexity index is 339. The fraction of sp³-hybridized carbons (Fsp3) is 0.538. The van der Waals surface area contributed by atoms with Gasteiger partial charge in [-0.3, -0.25) is 0 Å². The van der Waals surface area contributed by atoms with Gasteiger partial charge in [-0.05, 0) is 35.6 Å². The maximum absolute atomic E-state index is 6.22. The predicted octanol–water partition coefficient (Wildman–Crippen LogP) is 3.05. The average Bonchev–Trinajstić information content (AvgIpc) is 2.15. The molecule has 1 rings (SSSR count). The van der Waals surface area contributed by atoms with Crippen LogP contribution in [-0.4, -0.2) is 7.11 Å². The molecular formula is C13H21NO. The van der Waals surface area contributed by atoms with Crippen LogP contribution in [0, 0.1) is 12.3 Å². The molecule has 0 amide bonds. The molecule has 1 atom stereocenters. The maximum Gasteiger partial charge on any atom is 0.119 e. The minimum absolute atomic E-state index is 0.0587. The largest absolute Gasteiger partial charge is 0.497 e. The fourth-order valence-corrected chi connectivity index (χ4v) is 1.59. The van der Waals surface area contributed by atoms with Crippen molar-refractivity contribution < 1.29 is 4.74 Å². The van der Waals surface area contributed by atoms with E-state index >= 15 is 0 Å². The molecule has 2 heteroatoms. The fourth-order valence-electron chi connectivity index (χ4n) is 1.59. The lowest BCUT2D eigenvalue weighted by atomic mass is 9.81. The number of aryl methyl sites for hydroxylation is 1. The molecule has 2 N–H and O–H groups in total. The molecular weight excluding hydrogens is 186 g/mol. The number of hydrogen-bond acceptors (Lipinski definition) is 2. The van der Waals surface area contributed by atoms with E-state index in [2.05, 4.69) is 33.8 Å². The first-order valence-corrected chi connectivity index (χ1v) is 5.26. The minimum Gasteiger partial charge on any atom is -0.497 e. The molecule has 0 bridgehead atoms. The summed E-state index contributed by atoms with van der Waals surface area (Å²) in [7, 11) is 1.68. The van der Waals surface area contributed by atoms with Crippen molar-refractivity contribution in [3.8, 4) is 5.75 Å². The molecule has 0 saturated carbocycles. The van der Waals surface area contributed by atoms with Crippen molar-refractivity contribution in [1.82, 2.24) is 0 Å². The summed E-state index contributed by atoms with van der Waals surface area (Å²) < 4.78 is 5.17. The quantitative estimate of drug-likeness (QED) is 0.809. The molecule has 0 unspecified atom stereocenters. The van der Waals surface area contributed by atoms with Gasteiger partial charge in [0, 0.05) is 6.04 Å². The van der Waals surface area contributed by atoms with Crippen molar-refractivity contribution in [2.24, 2.45) is 11.1 Å². The molecule has 0 aliphatic heterocycles. The monoisotopic (exact) mass is 207 g/mol. The molecule has 0 heterocycles. The standard InChI is InChI=1S/C13H21NO/c1-9-8-10(15-5)6-7-11(9)12(14)13(2,3)4/h6-8,12H,14H2,1-5H3/t12-/m0/s1. The van der Waals surface area contributed by atoms with E-state index in [1.807, 2.05) is 12.1 Å². The van der Waals surface area contributed by atoms with E-state index < -0.39 is 0 Å².